The summed E-state index contributed by atoms with van der Waals surface area (Å²) in [6.45, 7) is 1.40. The molecule has 7 nitrogen and oxygen atoms in total. The third-order valence-corrected chi connectivity index (χ3v) is 4.30. The van der Waals surface area contributed by atoms with E-state index in [-0.39, 0.29) is 16.5 Å². The van der Waals surface area contributed by atoms with E-state index in [1.165, 1.54) is 6.07 Å². The number of nitrogens with zero attached hydrogens (tertiary/aromatic N) is 3. The van der Waals surface area contributed by atoms with Gasteiger partial charge in [-0.2, -0.15) is 0 Å². The molecule has 0 amide bonds. The van der Waals surface area contributed by atoms with E-state index < -0.39 is 0 Å². The van der Waals surface area contributed by atoms with Crippen LogP contribution in [0.5, 0.6) is 11.5 Å². The summed E-state index contributed by atoms with van der Waals surface area (Å²) in [5.74, 6) is 2.16. The highest BCUT2D eigenvalue weighted by molar-refractivity contribution is 5.58. The number of hydrogen-bond acceptors (Lipinski definition) is 6. The summed E-state index contributed by atoms with van der Waals surface area (Å²) >= 11 is 0. The topological polar surface area (TPSA) is 77.7 Å². The number of benzene rings is 1. The normalized spacial score (nSPS) is 16.9. The Morgan fingerprint density at radius 1 is 1.25 bits per heavy atom. The average Bonchev–Trinajstić information content (AvgIpc) is 3.11. The monoisotopic (exact) mass is 329 g/mol. The van der Waals surface area contributed by atoms with E-state index in [0.29, 0.717) is 12.4 Å². The van der Waals surface area contributed by atoms with Gasteiger partial charge in [-0.1, -0.05) is 0 Å². The molecule has 2 aromatic rings. The number of methoxy groups -OCH3 is 2. The molecule has 0 N–H and O–H groups in total. The highest BCUT2D eigenvalue weighted by atomic mass is 16.6. The predicted molar refractivity (Wildman–Crippen MR) is 90.0 cm³/mol. The maximum absolute atomic E-state index is 11.2. The molecule has 126 valence electrons. The van der Waals surface area contributed by atoms with Crippen molar-refractivity contribution >= 4 is 11.5 Å². The van der Waals surface area contributed by atoms with E-state index in [4.69, 9.17) is 9.47 Å². The van der Waals surface area contributed by atoms with Crippen molar-refractivity contribution in [1.29, 1.82) is 0 Å². The summed E-state index contributed by atoms with van der Waals surface area (Å²) in [6.07, 6.45) is 2.48. The Kier molecular flexibility index (Phi) is 4.50. The molecule has 2 heterocycles. The number of pyridine rings is 1. The van der Waals surface area contributed by atoms with Crippen LogP contribution in [0.1, 0.15) is 17.9 Å². The molecule has 1 aliphatic rings. The molecule has 7 heteroatoms. The first-order valence-corrected chi connectivity index (χ1v) is 7.69. The predicted octanol–water partition coefficient (Wildman–Crippen LogP) is 3.00. The zero-order valence-electron chi connectivity index (χ0n) is 13.6. The Morgan fingerprint density at radius 2 is 1.96 bits per heavy atom. The lowest BCUT2D eigenvalue weighted by molar-refractivity contribution is -0.384. The van der Waals surface area contributed by atoms with Gasteiger partial charge in [-0.15, -0.1) is 0 Å². The lowest BCUT2D eigenvalue weighted by Crippen LogP contribution is -2.21. The molecule has 1 saturated heterocycles. The summed E-state index contributed by atoms with van der Waals surface area (Å²) in [5.41, 5.74) is 1.15. The van der Waals surface area contributed by atoms with Gasteiger partial charge in [0.2, 0.25) is 5.82 Å². The van der Waals surface area contributed by atoms with Crippen molar-refractivity contribution in [2.45, 2.75) is 12.3 Å². The third-order valence-electron chi connectivity index (χ3n) is 4.30. The zero-order valence-corrected chi connectivity index (χ0v) is 13.6. The van der Waals surface area contributed by atoms with E-state index in [9.17, 15) is 10.1 Å². The van der Waals surface area contributed by atoms with Crippen molar-refractivity contribution in [2.24, 2.45) is 0 Å². The molecule has 1 aromatic carbocycles. The fourth-order valence-electron chi connectivity index (χ4n) is 3.06. The second kappa shape index (κ2) is 6.74. The molecular formula is C17H19N3O4. The van der Waals surface area contributed by atoms with E-state index in [2.05, 4.69) is 4.98 Å². The fraction of sp³-hybridized carbons (Fsp3) is 0.353. The molecule has 3 rings (SSSR count). The van der Waals surface area contributed by atoms with Gasteiger partial charge in [0.1, 0.15) is 11.5 Å². The van der Waals surface area contributed by atoms with Crippen LogP contribution in [0.4, 0.5) is 11.5 Å². The number of ether oxygens (including phenoxy) is 2. The van der Waals surface area contributed by atoms with Crippen LogP contribution in [-0.4, -0.2) is 37.2 Å². The summed E-state index contributed by atoms with van der Waals surface area (Å²) < 4.78 is 10.6. The second-order valence-electron chi connectivity index (χ2n) is 5.68. The van der Waals surface area contributed by atoms with Crippen molar-refractivity contribution in [3.63, 3.8) is 0 Å². The van der Waals surface area contributed by atoms with Crippen LogP contribution in [0.25, 0.3) is 0 Å². The molecule has 0 saturated carbocycles. The summed E-state index contributed by atoms with van der Waals surface area (Å²) in [6, 6.07) is 8.89. The van der Waals surface area contributed by atoms with Gasteiger partial charge in [-0.05, 0) is 30.2 Å². The molecule has 1 fully saturated rings. The smallest absolute Gasteiger partial charge is 0.311 e. The molecule has 0 bridgehead atoms. The van der Waals surface area contributed by atoms with Crippen LogP contribution in [0.15, 0.2) is 36.5 Å². The Morgan fingerprint density at radius 3 is 2.58 bits per heavy atom. The number of nitro groups is 1. The lowest BCUT2D eigenvalue weighted by Gasteiger charge is -2.18. The summed E-state index contributed by atoms with van der Waals surface area (Å²) in [7, 11) is 3.24. The first kappa shape index (κ1) is 16.0. The van der Waals surface area contributed by atoms with Crippen molar-refractivity contribution in [3.8, 4) is 11.5 Å². The van der Waals surface area contributed by atoms with E-state index in [0.717, 1.165) is 30.0 Å². The number of aromatic nitrogens is 1. The molecule has 1 aromatic heterocycles. The quantitative estimate of drug-likeness (QED) is 0.620. The Balaban J connectivity index is 1.85. The van der Waals surface area contributed by atoms with Gasteiger partial charge in [0, 0.05) is 37.3 Å². The summed E-state index contributed by atoms with van der Waals surface area (Å²) in [5, 5.41) is 11.2. The number of rotatable bonds is 5. The minimum atomic E-state index is -0.385. The van der Waals surface area contributed by atoms with E-state index >= 15 is 0 Å². The van der Waals surface area contributed by atoms with Crippen LogP contribution < -0.4 is 14.4 Å². The minimum absolute atomic E-state index is 0.0429. The maximum Gasteiger partial charge on any atom is 0.311 e. The lowest BCUT2D eigenvalue weighted by atomic mass is 9.98. The number of hydrogen-bond donors (Lipinski definition) is 0. The van der Waals surface area contributed by atoms with Gasteiger partial charge < -0.3 is 14.4 Å². The minimum Gasteiger partial charge on any atom is -0.497 e. The molecule has 1 atom stereocenters. The van der Waals surface area contributed by atoms with Gasteiger partial charge >= 0.3 is 5.69 Å². The number of anilines is 1. The average molecular weight is 329 g/mol. The van der Waals surface area contributed by atoms with Crippen molar-refractivity contribution in [3.05, 3.63) is 52.2 Å². The van der Waals surface area contributed by atoms with E-state index in [1.807, 2.05) is 23.1 Å². The van der Waals surface area contributed by atoms with Crippen molar-refractivity contribution in [2.75, 3.05) is 32.2 Å². The van der Waals surface area contributed by atoms with Crippen molar-refractivity contribution in [1.82, 2.24) is 4.98 Å². The molecule has 24 heavy (non-hydrogen) atoms. The fourth-order valence-corrected chi connectivity index (χ4v) is 3.06. The van der Waals surface area contributed by atoms with E-state index in [1.54, 1.807) is 26.5 Å². The largest absolute Gasteiger partial charge is 0.497 e. The standard InChI is InChI=1S/C17H19N3O4/c1-23-14-8-13(9-15(10-14)24-2)12-5-7-19(11-12)17-16(20(21)22)4-3-6-18-17/h3-4,6,8-10,12H,5,7,11H2,1-2H3/t12-/m1/s1. The van der Waals surface area contributed by atoms with Crippen molar-refractivity contribution < 1.29 is 14.4 Å². The molecule has 0 unspecified atom stereocenters. The highest BCUT2D eigenvalue weighted by Gasteiger charge is 2.29. The van der Waals surface area contributed by atoms with Crippen LogP contribution in [-0.2, 0) is 0 Å². The Labute approximate surface area is 140 Å². The Hall–Kier alpha value is -2.83. The highest BCUT2D eigenvalue weighted by Crippen LogP contribution is 2.36. The molecule has 0 aliphatic carbocycles. The Bertz CT molecular complexity index is 728. The first-order valence-electron chi connectivity index (χ1n) is 7.69. The van der Waals surface area contributed by atoms with Crippen LogP contribution in [0, 0.1) is 10.1 Å². The molecule has 0 spiro atoms. The third kappa shape index (κ3) is 3.10. The van der Waals surface area contributed by atoms with Gasteiger partial charge in [0.25, 0.3) is 0 Å². The second-order valence-corrected chi connectivity index (χ2v) is 5.68. The maximum atomic E-state index is 11.2. The SMILES string of the molecule is COc1cc(OC)cc([C@@H]2CCN(c3ncccc3[N+](=O)[O-])C2)c1. The zero-order chi connectivity index (χ0) is 17.1. The first-order chi connectivity index (χ1) is 11.6. The van der Waals surface area contributed by atoms with Gasteiger partial charge in [0.05, 0.1) is 19.1 Å². The molecule has 0 radical (unpaired) electrons. The molecular weight excluding hydrogens is 310 g/mol. The van der Waals surface area contributed by atoms with Gasteiger partial charge in [-0.25, -0.2) is 4.98 Å². The van der Waals surface area contributed by atoms with Crippen LogP contribution >= 0.6 is 0 Å². The molecule has 1 aliphatic heterocycles. The van der Waals surface area contributed by atoms with Crippen LogP contribution in [0.2, 0.25) is 0 Å². The summed E-state index contributed by atoms with van der Waals surface area (Å²) in [4.78, 5) is 17.0. The van der Waals surface area contributed by atoms with Gasteiger partial charge in [-0.3, -0.25) is 10.1 Å². The van der Waals surface area contributed by atoms with Crippen LogP contribution in [0.3, 0.4) is 0 Å². The van der Waals surface area contributed by atoms with Gasteiger partial charge in [0.15, 0.2) is 0 Å².